The maximum atomic E-state index is 4.25. The molecule has 0 bridgehead atoms. The molecule has 1 saturated heterocycles. The summed E-state index contributed by atoms with van der Waals surface area (Å²) in [5.74, 6) is 0. The van der Waals surface area contributed by atoms with Gasteiger partial charge in [-0.3, -0.25) is 4.90 Å². The fourth-order valence-corrected chi connectivity index (χ4v) is 3.56. The topological polar surface area (TPSA) is 15.3 Å². The zero-order chi connectivity index (χ0) is 13.6. The standard InChI is InChI=1S/C16H32N2/c1-6-11-17-15(14(4)5)16(7-2,8-3)18-12-9-10-13-18/h15,17H,4,6-13H2,1-3,5H3. The van der Waals surface area contributed by atoms with E-state index in [0.717, 1.165) is 6.54 Å². The first-order valence-electron chi connectivity index (χ1n) is 7.76. The predicted molar refractivity (Wildman–Crippen MR) is 81.0 cm³/mol. The van der Waals surface area contributed by atoms with E-state index >= 15 is 0 Å². The molecule has 1 heterocycles. The van der Waals surface area contributed by atoms with Crippen LogP contribution >= 0.6 is 0 Å². The summed E-state index contributed by atoms with van der Waals surface area (Å²) in [5.41, 5.74) is 1.57. The molecule has 1 aliphatic rings. The molecule has 1 N–H and O–H groups in total. The molecule has 1 unspecified atom stereocenters. The van der Waals surface area contributed by atoms with Crippen LogP contribution < -0.4 is 5.32 Å². The Labute approximate surface area is 114 Å². The quantitative estimate of drug-likeness (QED) is 0.664. The normalized spacial score (nSPS) is 19.1. The Bertz CT molecular complexity index is 250. The highest BCUT2D eigenvalue weighted by Crippen LogP contribution is 2.34. The summed E-state index contributed by atoms with van der Waals surface area (Å²) in [6, 6.07) is 0.436. The molecule has 0 aromatic carbocycles. The smallest absolute Gasteiger partial charge is 0.0460 e. The largest absolute Gasteiger partial charge is 0.309 e. The van der Waals surface area contributed by atoms with Crippen LogP contribution in [-0.4, -0.2) is 36.1 Å². The number of hydrogen-bond donors (Lipinski definition) is 1. The Morgan fingerprint density at radius 2 is 1.78 bits per heavy atom. The van der Waals surface area contributed by atoms with E-state index < -0.39 is 0 Å². The van der Waals surface area contributed by atoms with Gasteiger partial charge < -0.3 is 5.32 Å². The minimum Gasteiger partial charge on any atom is -0.309 e. The van der Waals surface area contributed by atoms with Gasteiger partial charge in [-0.25, -0.2) is 0 Å². The lowest BCUT2D eigenvalue weighted by Gasteiger charge is -2.47. The van der Waals surface area contributed by atoms with Crippen LogP contribution in [0.5, 0.6) is 0 Å². The van der Waals surface area contributed by atoms with E-state index in [1.807, 2.05) is 0 Å². The third-order valence-electron chi connectivity index (χ3n) is 4.59. The van der Waals surface area contributed by atoms with E-state index in [0.29, 0.717) is 6.04 Å². The predicted octanol–water partition coefficient (Wildman–Crippen LogP) is 3.59. The molecule has 2 heteroatoms. The van der Waals surface area contributed by atoms with Crippen molar-refractivity contribution < 1.29 is 0 Å². The van der Waals surface area contributed by atoms with Gasteiger partial charge in [-0.2, -0.15) is 0 Å². The molecule has 0 aromatic heterocycles. The zero-order valence-electron chi connectivity index (χ0n) is 12.9. The molecule has 106 valence electrons. The molecular weight excluding hydrogens is 220 g/mol. The van der Waals surface area contributed by atoms with Crippen molar-refractivity contribution in [3.8, 4) is 0 Å². The second kappa shape index (κ2) is 7.30. The minimum atomic E-state index is 0.275. The molecular formula is C16H32N2. The molecule has 0 amide bonds. The highest BCUT2D eigenvalue weighted by Gasteiger charge is 2.41. The average molecular weight is 252 g/mol. The number of rotatable bonds is 8. The summed E-state index contributed by atoms with van der Waals surface area (Å²) in [6.45, 7) is 17.0. The number of nitrogens with zero attached hydrogens (tertiary/aromatic N) is 1. The van der Waals surface area contributed by atoms with Crippen LogP contribution in [-0.2, 0) is 0 Å². The first kappa shape index (κ1) is 15.7. The number of likely N-dealkylation sites (tertiary alicyclic amines) is 1. The fourth-order valence-electron chi connectivity index (χ4n) is 3.56. The maximum absolute atomic E-state index is 4.25. The molecule has 18 heavy (non-hydrogen) atoms. The van der Waals surface area contributed by atoms with Crippen LogP contribution in [0.15, 0.2) is 12.2 Å². The Kier molecular flexibility index (Phi) is 6.37. The molecule has 0 radical (unpaired) electrons. The van der Waals surface area contributed by atoms with E-state index in [9.17, 15) is 0 Å². The highest BCUT2D eigenvalue weighted by atomic mass is 15.2. The molecule has 0 aromatic rings. The summed E-state index contributed by atoms with van der Waals surface area (Å²) in [5, 5.41) is 3.75. The van der Waals surface area contributed by atoms with E-state index in [1.54, 1.807) is 0 Å². The van der Waals surface area contributed by atoms with Crippen molar-refractivity contribution in [3.63, 3.8) is 0 Å². The average Bonchev–Trinajstić information content (AvgIpc) is 2.88. The Morgan fingerprint density at radius 3 is 2.17 bits per heavy atom. The van der Waals surface area contributed by atoms with E-state index in [1.165, 1.54) is 50.8 Å². The summed E-state index contributed by atoms with van der Waals surface area (Å²) in [6.07, 6.45) is 6.32. The lowest BCUT2D eigenvalue weighted by Crippen LogP contribution is -2.60. The van der Waals surface area contributed by atoms with Crippen molar-refractivity contribution in [2.24, 2.45) is 0 Å². The van der Waals surface area contributed by atoms with Crippen LogP contribution in [0.25, 0.3) is 0 Å². The van der Waals surface area contributed by atoms with Gasteiger partial charge in [-0.05, 0) is 58.7 Å². The van der Waals surface area contributed by atoms with Crippen LogP contribution in [0.2, 0.25) is 0 Å². The summed E-state index contributed by atoms with van der Waals surface area (Å²) < 4.78 is 0. The van der Waals surface area contributed by atoms with Crippen molar-refractivity contribution in [2.75, 3.05) is 19.6 Å². The van der Waals surface area contributed by atoms with Gasteiger partial charge in [0, 0.05) is 11.6 Å². The van der Waals surface area contributed by atoms with E-state index in [4.69, 9.17) is 0 Å². The molecule has 0 spiro atoms. The second-order valence-corrected chi connectivity index (χ2v) is 5.74. The van der Waals surface area contributed by atoms with Crippen molar-refractivity contribution in [2.45, 2.75) is 71.4 Å². The van der Waals surface area contributed by atoms with E-state index in [-0.39, 0.29) is 5.54 Å². The summed E-state index contributed by atoms with van der Waals surface area (Å²) >= 11 is 0. The van der Waals surface area contributed by atoms with E-state index in [2.05, 4.69) is 44.5 Å². The second-order valence-electron chi connectivity index (χ2n) is 5.74. The van der Waals surface area contributed by atoms with Crippen molar-refractivity contribution in [1.29, 1.82) is 0 Å². The number of nitrogens with one attached hydrogen (secondary N) is 1. The van der Waals surface area contributed by atoms with Crippen molar-refractivity contribution in [1.82, 2.24) is 10.2 Å². The summed E-state index contributed by atoms with van der Waals surface area (Å²) in [7, 11) is 0. The molecule has 1 aliphatic heterocycles. The first-order chi connectivity index (χ1) is 8.62. The SMILES string of the molecule is C=C(C)C(NCCC)C(CC)(CC)N1CCCC1. The van der Waals surface area contributed by atoms with Crippen LogP contribution in [0.1, 0.15) is 59.8 Å². The van der Waals surface area contributed by atoms with Gasteiger partial charge in [0.1, 0.15) is 0 Å². The number of hydrogen-bond acceptors (Lipinski definition) is 2. The molecule has 1 atom stereocenters. The molecule has 1 rings (SSSR count). The Balaban J connectivity index is 2.93. The monoisotopic (exact) mass is 252 g/mol. The fraction of sp³-hybridized carbons (Fsp3) is 0.875. The van der Waals surface area contributed by atoms with Crippen LogP contribution in [0, 0.1) is 0 Å². The lowest BCUT2D eigenvalue weighted by molar-refractivity contribution is 0.0751. The molecule has 1 fully saturated rings. The van der Waals surface area contributed by atoms with Gasteiger partial charge >= 0.3 is 0 Å². The lowest BCUT2D eigenvalue weighted by atomic mass is 9.79. The van der Waals surface area contributed by atoms with Crippen LogP contribution in [0.4, 0.5) is 0 Å². The molecule has 0 saturated carbocycles. The third kappa shape index (κ3) is 3.16. The van der Waals surface area contributed by atoms with Gasteiger partial charge in [0.25, 0.3) is 0 Å². The van der Waals surface area contributed by atoms with Gasteiger partial charge in [0.15, 0.2) is 0 Å². The van der Waals surface area contributed by atoms with Gasteiger partial charge in [-0.15, -0.1) is 0 Å². The van der Waals surface area contributed by atoms with Crippen LogP contribution in [0.3, 0.4) is 0 Å². The molecule has 0 aliphatic carbocycles. The first-order valence-corrected chi connectivity index (χ1v) is 7.76. The third-order valence-corrected chi connectivity index (χ3v) is 4.59. The minimum absolute atomic E-state index is 0.275. The highest BCUT2D eigenvalue weighted by molar-refractivity contribution is 5.15. The van der Waals surface area contributed by atoms with Crippen molar-refractivity contribution >= 4 is 0 Å². The van der Waals surface area contributed by atoms with Crippen molar-refractivity contribution in [3.05, 3.63) is 12.2 Å². The summed E-state index contributed by atoms with van der Waals surface area (Å²) in [4.78, 5) is 2.72. The Morgan fingerprint density at radius 1 is 1.22 bits per heavy atom. The zero-order valence-corrected chi connectivity index (χ0v) is 12.9. The van der Waals surface area contributed by atoms with Gasteiger partial charge in [-0.1, -0.05) is 32.9 Å². The Hall–Kier alpha value is -0.340. The molecule has 2 nitrogen and oxygen atoms in total. The van der Waals surface area contributed by atoms with Gasteiger partial charge in [0.2, 0.25) is 0 Å². The maximum Gasteiger partial charge on any atom is 0.0460 e. The van der Waals surface area contributed by atoms with Gasteiger partial charge in [0.05, 0.1) is 0 Å².